The third-order valence-electron chi connectivity index (χ3n) is 5.10. The van der Waals surface area contributed by atoms with Gasteiger partial charge in [-0.2, -0.15) is 0 Å². The number of aromatic nitrogens is 1. The van der Waals surface area contributed by atoms with Crippen molar-refractivity contribution in [2.24, 2.45) is 5.92 Å². The highest BCUT2D eigenvalue weighted by atomic mass is 32.2. The molecular weight excluding hydrogens is 328 g/mol. The Morgan fingerprint density at radius 1 is 1.12 bits per heavy atom. The summed E-state index contributed by atoms with van der Waals surface area (Å²) in [6.45, 7) is 7.30. The summed E-state index contributed by atoms with van der Waals surface area (Å²) in [6, 6.07) is 16.7. The van der Waals surface area contributed by atoms with Crippen LogP contribution in [0.1, 0.15) is 36.7 Å². The summed E-state index contributed by atoms with van der Waals surface area (Å²) in [7, 11) is -1.14. The van der Waals surface area contributed by atoms with Crippen molar-refractivity contribution < 1.29 is 4.21 Å². The summed E-state index contributed by atoms with van der Waals surface area (Å²) in [5, 5.41) is 1.31. The highest BCUT2D eigenvalue weighted by molar-refractivity contribution is 7.82. The third-order valence-corrected chi connectivity index (χ3v) is 6.61. The molecule has 1 N–H and O–H groups in total. The molecule has 0 amide bonds. The lowest BCUT2D eigenvalue weighted by Gasteiger charge is -2.37. The highest BCUT2D eigenvalue weighted by Crippen LogP contribution is 2.40. The van der Waals surface area contributed by atoms with Gasteiger partial charge in [-0.3, -0.25) is 0 Å². The first-order chi connectivity index (χ1) is 12.1. The van der Waals surface area contributed by atoms with E-state index in [4.69, 9.17) is 0 Å². The van der Waals surface area contributed by atoms with Crippen LogP contribution in [0.2, 0.25) is 0 Å². The zero-order chi connectivity index (χ0) is 17.6. The number of hydrogen-bond donors (Lipinski definition) is 1. The van der Waals surface area contributed by atoms with Crippen LogP contribution < -0.4 is 0 Å². The Morgan fingerprint density at radius 2 is 1.84 bits per heavy atom. The molecule has 0 unspecified atom stereocenters. The Balaban J connectivity index is 1.77. The number of nitrogens with one attached hydrogen (secondary N) is 1. The number of hydrogen-bond acceptors (Lipinski definition) is 1. The number of benzene rings is 2. The minimum absolute atomic E-state index is 0.137. The molecular formula is C21H24N2OS. The van der Waals surface area contributed by atoms with Gasteiger partial charge in [-0.25, -0.2) is 8.51 Å². The van der Waals surface area contributed by atoms with Gasteiger partial charge in [0, 0.05) is 23.1 Å². The van der Waals surface area contributed by atoms with Crippen LogP contribution in [0, 0.1) is 12.8 Å². The maximum absolute atomic E-state index is 13.3. The van der Waals surface area contributed by atoms with Crippen LogP contribution in [0.25, 0.3) is 10.9 Å². The first kappa shape index (κ1) is 16.6. The molecule has 3 nitrogen and oxygen atoms in total. The molecule has 0 aliphatic carbocycles. The SMILES string of the molecule is Cc1ccc([S@@](=O)N2CCc3c([nH]c4ccccc34)[C@@H]2C(C)C)cc1. The highest BCUT2D eigenvalue weighted by Gasteiger charge is 2.35. The molecule has 4 rings (SSSR count). The molecule has 0 saturated carbocycles. The largest absolute Gasteiger partial charge is 0.357 e. The normalized spacial score (nSPS) is 19.3. The molecule has 0 radical (unpaired) electrons. The van der Waals surface area contributed by atoms with Crippen LogP contribution in [0.4, 0.5) is 0 Å². The molecule has 0 saturated heterocycles. The Kier molecular flexibility index (Phi) is 4.26. The second-order valence-corrected chi connectivity index (χ2v) is 8.64. The third kappa shape index (κ3) is 2.83. The lowest BCUT2D eigenvalue weighted by Crippen LogP contribution is -2.39. The fourth-order valence-electron chi connectivity index (χ4n) is 3.89. The summed E-state index contributed by atoms with van der Waals surface area (Å²) in [4.78, 5) is 4.50. The van der Waals surface area contributed by atoms with Gasteiger partial charge in [0.05, 0.1) is 10.9 Å². The lowest BCUT2D eigenvalue weighted by atomic mass is 9.92. The Labute approximate surface area is 151 Å². The van der Waals surface area contributed by atoms with Crippen molar-refractivity contribution >= 4 is 21.9 Å². The Hall–Kier alpha value is -1.91. The number of rotatable bonds is 3. The molecule has 2 atom stereocenters. The van der Waals surface area contributed by atoms with Crippen LogP contribution in [0.3, 0.4) is 0 Å². The fraction of sp³-hybridized carbons (Fsp3) is 0.333. The van der Waals surface area contributed by atoms with E-state index in [1.165, 1.54) is 27.7 Å². The van der Waals surface area contributed by atoms with Gasteiger partial charge in [-0.15, -0.1) is 0 Å². The molecule has 4 heteroatoms. The predicted molar refractivity (Wildman–Crippen MR) is 104 cm³/mol. The Bertz CT molecular complexity index is 927. The van der Waals surface area contributed by atoms with Gasteiger partial charge in [-0.1, -0.05) is 49.7 Å². The zero-order valence-electron chi connectivity index (χ0n) is 15.0. The molecule has 0 fully saturated rings. The van der Waals surface area contributed by atoms with Crippen LogP contribution >= 0.6 is 0 Å². The van der Waals surface area contributed by atoms with Crippen LogP contribution in [-0.4, -0.2) is 20.0 Å². The van der Waals surface area contributed by atoms with Crippen molar-refractivity contribution in [3.63, 3.8) is 0 Å². The summed E-state index contributed by atoms with van der Waals surface area (Å²) < 4.78 is 15.4. The van der Waals surface area contributed by atoms with E-state index in [-0.39, 0.29) is 6.04 Å². The van der Waals surface area contributed by atoms with E-state index in [2.05, 4.69) is 54.3 Å². The molecule has 0 spiro atoms. The van der Waals surface area contributed by atoms with Gasteiger partial charge in [-0.05, 0) is 43.0 Å². The van der Waals surface area contributed by atoms with Crippen molar-refractivity contribution in [2.75, 3.05) is 6.54 Å². The maximum atomic E-state index is 13.3. The fourth-order valence-corrected chi connectivity index (χ4v) is 5.34. The molecule has 2 heterocycles. The molecule has 1 aliphatic rings. The van der Waals surface area contributed by atoms with Gasteiger partial charge in [0.2, 0.25) is 0 Å². The molecule has 0 bridgehead atoms. The number of para-hydroxylation sites is 1. The van der Waals surface area contributed by atoms with E-state index >= 15 is 0 Å². The van der Waals surface area contributed by atoms with E-state index in [1.807, 2.05) is 24.3 Å². The average molecular weight is 353 g/mol. The van der Waals surface area contributed by atoms with Crippen LogP contribution in [-0.2, 0) is 17.4 Å². The van der Waals surface area contributed by atoms with Gasteiger partial charge in [0.15, 0.2) is 0 Å². The second kappa shape index (κ2) is 6.43. The van der Waals surface area contributed by atoms with Crippen molar-refractivity contribution in [1.29, 1.82) is 0 Å². The molecule has 1 aliphatic heterocycles. The monoisotopic (exact) mass is 352 g/mol. The number of nitrogens with zero attached hydrogens (tertiary/aromatic N) is 1. The van der Waals surface area contributed by atoms with Gasteiger partial charge < -0.3 is 4.98 Å². The van der Waals surface area contributed by atoms with Crippen molar-refractivity contribution in [1.82, 2.24) is 9.29 Å². The van der Waals surface area contributed by atoms with E-state index in [0.29, 0.717) is 5.92 Å². The van der Waals surface area contributed by atoms with E-state index < -0.39 is 11.0 Å². The summed E-state index contributed by atoms with van der Waals surface area (Å²) in [6.07, 6.45) is 0.931. The van der Waals surface area contributed by atoms with E-state index in [1.54, 1.807) is 0 Å². The molecule has 25 heavy (non-hydrogen) atoms. The van der Waals surface area contributed by atoms with Crippen LogP contribution in [0.5, 0.6) is 0 Å². The molecule has 130 valence electrons. The summed E-state index contributed by atoms with van der Waals surface area (Å²) in [5.41, 5.74) is 5.01. The van der Waals surface area contributed by atoms with Crippen molar-refractivity contribution in [3.8, 4) is 0 Å². The van der Waals surface area contributed by atoms with Gasteiger partial charge in [0.1, 0.15) is 11.0 Å². The molecule has 1 aromatic heterocycles. The number of aryl methyl sites for hydroxylation is 1. The van der Waals surface area contributed by atoms with Gasteiger partial charge >= 0.3 is 0 Å². The Morgan fingerprint density at radius 3 is 2.56 bits per heavy atom. The average Bonchev–Trinajstić information content (AvgIpc) is 2.99. The molecule has 3 aromatic rings. The topological polar surface area (TPSA) is 36.1 Å². The predicted octanol–water partition coefficient (Wildman–Crippen LogP) is 4.75. The molecule has 2 aromatic carbocycles. The first-order valence-electron chi connectivity index (χ1n) is 8.91. The standard InChI is InChI=1S/C21H24N2OS/c1-14(2)21-20-18(17-6-4-5-7-19(17)22-20)12-13-23(21)25(24)16-10-8-15(3)9-11-16/h4-11,14,21-22H,12-13H2,1-3H3/t21-,25+/m0/s1. The first-order valence-corrected chi connectivity index (χ1v) is 10.0. The minimum atomic E-state index is -1.14. The number of H-pyrrole nitrogens is 1. The van der Waals surface area contributed by atoms with Crippen molar-refractivity contribution in [2.45, 2.75) is 38.1 Å². The summed E-state index contributed by atoms with van der Waals surface area (Å²) >= 11 is 0. The number of fused-ring (bicyclic) bond motifs is 3. The van der Waals surface area contributed by atoms with E-state index in [0.717, 1.165) is 17.9 Å². The smallest absolute Gasteiger partial charge is 0.128 e. The quantitative estimate of drug-likeness (QED) is 0.725. The maximum Gasteiger partial charge on any atom is 0.128 e. The van der Waals surface area contributed by atoms with Gasteiger partial charge in [0.25, 0.3) is 0 Å². The second-order valence-electron chi connectivity index (χ2n) is 7.20. The van der Waals surface area contributed by atoms with Crippen molar-refractivity contribution in [3.05, 3.63) is 65.4 Å². The number of aromatic amines is 1. The minimum Gasteiger partial charge on any atom is -0.357 e. The zero-order valence-corrected chi connectivity index (χ0v) is 15.8. The van der Waals surface area contributed by atoms with E-state index in [9.17, 15) is 4.21 Å². The lowest BCUT2D eigenvalue weighted by molar-refractivity contribution is 0.255. The van der Waals surface area contributed by atoms with Crippen LogP contribution in [0.15, 0.2) is 53.4 Å². The summed E-state index contributed by atoms with van der Waals surface area (Å²) in [5.74, 6) is 0.376.